The topological polar surface area (TPSA) is 17.1 Å². The lowest BCUT2D eigenvalue weighted by Crippen LogP contribution is -2.04. The van der Waals surface area contributed by atoms with E-state index in [4.69, 9.17) is 0 Å². The summed E-state index contributed by atoms with van der Waals surface area (Å²) in [5, 5.41) is 4.17. The minimum atomic E-state index is 0.321. The largest absolute Gasteiger partial charge is 0.299 e. The SMILES string of the molecule is Cc1cccc(CC(=O)CCc2ccsc2)c1. The maximum atomic E-state index is 11.8. The summed E-state index contributed by atoms with van der Waals surface area (Å²) < 4.78 is 0. The molecule has 0 unspecified atom stereocenters. The molecule has 0 N–H and O–H groups in total. The maximum absolute atomic E-state index is 11.8. The van der Waals surface area contributed by atoms with Crippen LogP contribution in [0.25, 0.3) is 0 Å². The Balaban J connectivity index is 1.85. The second-order valence-electron chi connectivity index (χ2n) is 4.34. The van der Waals surface area contributed by atoms with Crippen LogP contribution in [0.2, 0.25) is 0 Å². The minimum absolute atomic E-state index is 0.321. The Labute approximate surface area is 106 Å². The first kappa shape index (κ1) is 12.1. The van der Waals surface area contributed by atoms with E-state index < -0.39 is 0 Å². The Hall–Kier alpha value is -1.41. The molecule has 2 rings (SSSR count). The molecule has 0 amide bonds. The molecule has 0 saturated heterocycles. The van der Waals surface area contributed by atoms with Crippen molar-refractivity contribution in [2.24, 2.45) is 0 Å². The summed E-state index contributed by atoms with van der Waals surface area (Å²) in [6, 6.07) is 10.3. The van der Waals surface area contributed by atoms with Gasteiger partial charge in [0.05, 0.1) is 0 Å². The average molecular weight is 244 g/mol. The van der Waals surface area contributed by atoms with E-state index in [-0.39, 0.29) is 0 Å². The highest BCUT2D eigenvalue weighted by molar-refractivity contribution is 7.07. The Kier molecular flexibility index (Phi) is 4.10. The first-order chi connectivity index (χ1) is 8.24. The van der Waals surface area contributed by atoms with Crippen LogP contribution < -0.4 is 0 Å². The molecule has 0 aliphatic rings. The Morgan fingerprint density at radius 1 is 1.24 bits per heavy atom. The maximum Gasteiger partial charge on any atom is 0.137 e. The van der Waals surface area contributed by atoms with E-state index in [0.717, 1.165) is 12.0 Å². The Morgan fingerprint density at radius 2 is 2.12 bits per heavy atom. The fourth-order valence-corrected chi connectivity index (χ4v) is 2.56. The van der Waals surface area contributed by atoms with Gasteiger partial charge in [-0.2, -0.15) is 11.3 Å². The summed E-state index contributed by atoms with van der Waals surface area (Å²) in [6.07, 6.45) is 2.07. The first-order valence-corrected chi connectivity index (χ1v) is 6.76. The van der Waals surface area contributed by atoms with Crippen molar-refractivity contribution < 1.29 is 4.79 Å². The van der Waals surface area contributed by atoms with Gasteiger partial charge < -0.3 is 0 Å². The van der Waals surface area contributed by atoms with Crippen LogP contribution in [0.15, 0.2) is 41.1 Å². The van der Waals surface area contributed by atoms with Gasteiger partial charge in [-0.15, -0.1) is 0 Å². The van der Waals surface area contributed by atoms with E-state index in [1.54, 1.807) is 11.3 Å². The fourth-order valence-electron chi connectivity index (χ4n) is 1.86. The molecule has 0 spiro atoms. The number of hydrogen-bond donors (Lipinski definition) is 0. The van der Waals surface area contributed by atoms with Gasteiger partial charge in [-0.1, -0.05) is 29.8 Å². The Bertz CT molecular complexity index is 485. The van der Waals surface area contributed by atoms with Crippen molar-refractivity contribution in [3.63, 3.8) is 0 Å². The highest BCUT2D eigenvalue weighted by Gasteiger charge is 2.04. The average Bonchev–Trinajstić information content (AvgIpc) is 2.79. The number of thiophene rings is 1. The van der Waals surface area contributed by atoms with Gasteiger partial charge >= 0.3 is 0 Å². The third-order valence-corrected chi connectivity index (χ3v) is 3.49. The number of aryl methyl sites for hydroxylation is 2. The number of carbonyl (C=O) groups is 1. The predicted molar refractivity (Wildman–Crippen MR) is 72.5 cm³/mol. The molecule has 2 aromatic rings. The summed E-state index contributed by atoms with van der Waals surface area (Å²) in [6.45, 7) is 2.05. The van der Waals surface area contributed by atoms with Crippen LogP contribution in [0, 0.1) is 6.92 Å². The number of Topliss-reactive ketones (excluding diaryl/α,β-unsaturated/α-hetero) is 1. The van der Waals surface area contributed by atoms with Gasteiger partial charge in [0.1, 0.15) is 5.78 Å². The Morgan fingerprint density at radius 3 is 2.82 bits per heavy atom. The van der Waals surface area contributed by atoms with Gasteiger partial charge in [-0.25, -0.2) is 0 Å². The van der Waals surface area contributed by atoms with Crippen LogP contribution in [-0.4, -0.2) is 5.78 Å². The molecule has 0 radical (unpaired) electrons. The molecule has 0 aliphatic heterocycles. The van der Waals surface area contributed by atoms with Crippen molar-refractivity contribution in [1.29, 1.82) is 0 Å². The van der Waals surface area contributed by atoms with Gasteiger partial charge in [0.15, 0.2) is 0 Å². The van der Waals surface area contributed by atoms with Gasteiger partial charge in [0.25, 0.3) is 0 Å². The van der Waals surface area contributed by atoms with E-state index in [0.29, 0.717) is 18.6 Å². The van der Waals surface area contributed by atoms with Gasteiger partial charge in [-0.05, 0) is 41.3 Å². The smallest absolute Gasteiger partial charge is 0.137 e. The van der Waals surface area contributed by atoms with Crippen LogP contribution in [0.5, 0.6) is 0 Å². The number of hydrogen-bond acceptors (Lipinski definition) is 2. The molecule has 1 heterocycles. The molecule has 17 heavy (non-hydrogen) atoms. The lowest BCUT2D eigenvalue weighted by molar-refractivity contribution is -0.118. The van der Waals surface area contributed by atoms with E-state index >= 15 is 0 Å². The van der Waals surface area contributed by atoms with Crippen LogP contribution in [0.3, 0.4) is 0 Å². The monoisotopic (exact) mass is 244 g/mol. The molecule has 88 valence electrons. The minimum Gasteiger partial charge on any atom is -0.299 e. The van der Waals surface area contributed by atoms with Gasteiger partial charge in [0, 0.05) is 12.8 Å². The van der Waals surface area contributed by atoms with Gasteiger partial charge in [-0.3, -0.25) is 4.79 Å². The fraction of sp³-hybridized carbons (Fsp3) is 0.267. The standard InChI is InChI=1S/C15H16OS/c1-12-3-2-4-14(9-12)10-15(16)6-5-13-7-8-17-11-13/h2-4,7-9,11H,5-6,10H2,1H3. The molecule has 1 aromatic heterocycles. The third kappa shape index (κ3) is 3.82. The zero-order valence-corrected chi connectivity index (χ0v) is 10.8. The molecule has 1 aromatic carbocycles. The van der Waals surface area contributed by atoms with E-state index in [9.17, 15) is 4.79 Å². The quantitative estimate of drug-likeness (QED) is 0.782. The molecule has 0 bridgehead atoms. The predicted octanol–water partition coefficient (Wildman–Crippen LogP) is 3.80. The van der Waals surface area contributed by atoms with Crippen LogP contribution in [0.1, 0.15) is 23.1 Å². The van der Waals surface area contributed by atoms with Crippen molar-refractivity contribution in [1.82, 2.24) is 0 Å². The zero-order valence-electron chi connectivity index (χ0n) is 9.98. The molecular weight excluding hydrogens is 228 g/mol. The molecule has 0 atom stereocenters. The number of rotatable bonds is 5. The number of benzene rings is 1. The van der Waals surface area contributed by atoms with Crippen LogP contribution in [-0.2, 0) is 17.6 Å². The van der Waals surface area contributed by atoms with Crippen molar-refractivity contribution >= 4 is 17.1 Å². The molecular formula is C15H16OS. The van der Waals surface area contributed by atoms with E-state index in [1.165, 1.54) is 11.1 Å². The van der Waals surface area contributed by atoms with Crippen molar-refractivity contribution in [3.8, 4) is 0 Å². The summed E-state index contributed by atoms with van der Waals surface area (Å²) in [4.78, 5) is 11.8. The summed E-state index contributed by atoms with van der Waals surface area (Å²) in [5.74, 6) is 0.321. The number of carbonyl (C=O) groups excluding carboxylic acids is 1. The normalized spacial score (nSPS) is 10.4. The van der Waals surface area contributed by atoms with Crippen LogP contribution in [0.4, 0.5) is 0 Å². The van der Waals surface area contributed by atoms with E-state index in [1.807, 2.05) is 12.1 Å². The molecule has 0 fully saturated rings. The van der Waals surface area contributed by atoms with E-state index in [2.05, 4.69) is 35.9 Å². The van der Waals surface area contributed by atoms with Gasteiger partial charge in [0.2, 0.25) is 0 Å². The number of ketones is 1. The molecule has 2 heteroatoms. The van der Waals surface area contributed by atoms with Crippen molar-refractivity contribution in [3.05, 3.63) is 57.8 Å². The van der Waals surface area contributed by atoms with Crippen molar-refractivity contribution in [2.45, 2.75) is 26.2 Å². The summed E-state index contributed by atoms with van der Waals surface area (Å²) in [5.41, 5.74) is 3.61. The zero-order chi connectivity index (χ0) is 12.1. The van der Waals surface area contributed by atoms with Crippen molar-refractivity contribution in [2.75, 3.05) is 0 Å². The lowest BCUT2D eigenvalue weighted by Gasteiger charge is -2.02. The summed E-state index contributed by atoms with van der Waals surface area (Å²) >= 11 is 1.69. The molecule has 1 nitrogen and oxygen atoms in total. The highest BCUT2D eigenvalue weighted by Crippen LogP contribution is 2.11. The lowest BCUT2D eigenvalue weighted by atomic mass is 10.0. The van der Waals surface area contributed by atoms with Crippen LogP contribution >= 0.6 is 11.3 Å². The first-order valence-electron chi connectivity index (χ1n) is 5.82. The summed E-state index contributed by atoms with van der Waals surface area (Å²) in [7, 11) is 0. The highest BCUT2D eigenvalue weighted by atomic mass is 32.1. The molecule has 0 saturated carbocycles. The second kappa shape index (κ2) is 5.78. The molecule has 0 aliphatic carbocycles. The third-order valence-electron chi connectivity index (χ3n) is 2.76. The second-order valence-corrected chi connectivity index (χ2v) is 5.12.